The van der Waals surface area contributed by atoms with Crippen molar-refractivity contribution >= 4 is 48.9 Å². The minimum atomic E-state index is -3.62. The molecule has 0 aliphatic rings. The second-order valence-electron chi connectivity index (χ2n) is 4.43. The van der Waals surface area contributed by atoms with E-state index in [4.69, 9.17) is 16.7 Å². The molecule has 1 heterocycles. The zero-order valence-corrected chi connectivity index (χ0v) is 15.1. The smallest absolute Gasteiger partial charge is 0.243 e. The van der Waals surface area contributed by atoms with Crippen molar-refractivity contribution in [2.75, 3.05) is 7.05 Å². The quantitative estimate of drug-likeness (QED) is 0.821. The van der Waals surface area contributed by atoms with E-state index in [1.165, 1.54) is 40.9 Å². The van der Waals surface area contributed by atoms with Gasteiger partial charge in [-0.05, 0) is 50.6 Å². The number of aliphatic hydroxyl groups excluding tert-OH is 1. The van der Waals surface area contributed by atoms with Crippen LogP contribution in [0, 0.1) is 0 Å². The molecule has 8 heteroatoms. The zero-order chi connectivity index (χ0) is 15.6. The maximum Gasteiger partial charge on any atom is 0.243 e. The molecule has 0 aliphatic heterocycles. The SMILES string of the molecule is CN(Cc1csc(Br)c1)S(=O)(=O)c1ccc(CO)c(Cl)c1. The number of benzene rings is 1. The average molecular weight is 411 g/mol. The summed E-state index contributed by atoms with van der Waals surface area (Å²) in [7, 11) is -2.10. The van der Waals surface area contributed by atoms with Gasteiger partial charge in [0, 0.05) is 18.6 Å². The van der Waals surface area contributed by atoms with Crippen molar-refractivity contribution in [2.24, 2.45) is 0 Å². The molecule has 0 radical (unpaired) electrons. The molecule has 1 aromatic carbocycles. The Morgan fingerprint density at radius 1 is 1.38 bits per heavy atom. The normalized spacial score (nSPS) is 12.0. The van der Waals surface area contributed by atoms with Gasteiger partial charge in [-0.25, -0.2) is 8.42 Å². The Balaban J connectivity index is 2.26. The van der Waals surface area contributed by atoms with Gasteiger partial charge in [0.1, 0.15) is 0 Å². The average Bonchev–Trinajstić information content (AvgIpc) is 2.83. The van der Waals surface area contributed by atoms with Crippen LogP contribution >= 0.6 is 38.9 Å². The van der Waals surface area contributed by atoms with Gasteiger partial charge in [0.2, 0.25) is 10.0 Å². The molecule has 0 amide bonds. The number of hydrogen-bond donors (Lipinski definition) is 1. The van der Waals surface area contributed by atoms with Crippen molar-refractivity contribution in [1.82, 2.24) is 4.31 Å². The van der Waals surface area contributed by atoms with Crippen molar-refractivity contribution < 1.29 is 13.5 Å². The van der Waals surface area contributed by atoms with Crippen LogP contribution in [0.1, 0.15) is 11.1 Å². The van der Waals surface area contributed by atoms with Gasteiger partial charge < -0.3 is 5.11 Å². The van der Waals surface area contributed by atoms with Crippen LogP contribution in [-0.2, 0) is 23.2 Å². The van der Waals surface area contributed by atoms with E-state index in [0.29, 0.717) is 5.56 Å². The molecule has 0 spiro atoms. The summed E-state index contributed by atoms with van der Waals surface area (Å²) in [6, 6.07) is 6.22. The van der Waals surface area contributed by atoms with E-state index in [-0.39, 0.29) is 23.1 Å². The first-order valence-electron chi connectivity index (χ1n) is 5.93. The monoisotopic (exact) mass is 409 g/mol. The molecule has 21 heavy (non-hydrogen) atoms. The first-order valence-corrected chi connectivity index (χ1v) is 9.42. The second kappa shape index (κ2) is 6.76. The van der Waals surface area contributed by atoms with Crippen molar-refractivity contribution in [2.45, 2.75) is 18.0 Å². The Kier molecular flexibility index (Phi) is 5.45. The van der Waals surface area contributed by atoms with Crippen LogP contribution in [0.5, 0.6) is 0 Å². The number of aliphatic hydroxyl groups is 1. The van der Waals surface area contributed by atoms with Gasteiger partial charge in [-0.3, -0.25) is 0 Å². The maximum atomic E-state index is 12.5. The van der Waals surface area contributed by atoms with Crippen LogP contribution in [0.4, 0.5) is 0 Å². The summed E-state index contributed by atoms with van der Waals surface area (Å²) in [5.41, 5.74) is 1.41. The summed E-state index contributed by atoms with van der Waals surface area (Å²) >= 11 is 10.8. The Hall–Kier alpha value is -0.440. The Morgan fingerprint density at radius 3 is 2.62 bits per heavy atom. The largest absolute Gasteiger partial charge is 0.392 e. The molecule has 114 valence electrons. The molecule has 2 rings (SSSR count). The van der Waals surface area contributed by atoms with E-state index in [9.17, 15) is 8.42 Å². The predicted molar refractivity (Wildman–Crippen MR) is 88.0 cm³/mol. The van der Waals surface area contributed by atoms with Crippen molar-refractivity contribution in [1.29, 1.82) is 0 Å². The minimum absolute atomic E-state index is 0.112. The molecule has 0 aliphatic carbocycles. The van der Waals surface area contributed by atoms with E-state index >= 15 is 0 Å². The molecule has 0 saturated carbocycles. The molecular formula is C13H13BrClNO3S2. The fraction of sp³-hybridized carbons (Fsp3) is 0.231. The Morgan fingerprint density at radius 2 is 2.10 bits per heavy atom. The lowest BCUT2D eigenvalue weighted by molar-refractivity contribution is 0.282. The van der Waals surface area contributed by atoms with Crippen LogP contribution in [0.25, 0.3) is 0 Å². The topological polar surface area (TPSA) is 57.6 Å². The highest BCUT2D eigenvalue weighted by molar-refractivity contribution is 9.11. The zero-order valence-electron chi connectivity index (χ0n) is 11.1. The van der Waals surface area contributed by atoms with Gasteiger partial charge >= 0.3 is 0 Å². The number of halogens is 2. The Labute approximate surface area is 141 Å². The number of sulfonamides is 1. The molecule has 0 atom stereocenters. The highest BCUT2D eigenvalue weighted by Crippen LogP contribution is 2.26. The van der Waals surface area contributed by atoms with Crippen LogP contribution in [0.15, 0.2) is 38.3 Å². The summed E-state index contributed by atoms with van der Waals surface area (Å²) in [6.45, 7) is 0.0573. The molecule has 0 saturated heterocycles. The first kappa shape index (κ1) is 16.9. The molecule has 2 aromatic rings. The van der Waals surface area contributed by atoms with E-state index < -0.39 is 10.0 Å². The lowest BCUT2D eigenvalue weighted by Crippen LogP contribution is -2.26. The summed E-state index contributed by atoms with van der Waals surface area (Å²) < 4.78 is 27.2. The second-order valence-corrected chi connectivity index (χ2v) is 9.17. The summed E-state index contributed by atoms with van der Waals surface area (Å²) in [6.07, 6.45) is 0. The van der Waals surface area contributed by atoms with E-state index in [1.54, 1.807) is 0 Å². The number of rotatable bonds is 5. The molecule has 4 nitrogen and oxygen atoms in total. The predicted octanol–water partition coefficient (Wildman–Crippen LogP) is 3.48. The van der Waals surface area contributed by atoms with Crippen molar-refractivity contribution in [3.05, 3.63) is 49.6 Å². The fourth-order valence-corrected chi connectivity index (χ4v) is 4.46. The summed E-state index contributed by atoms with van der Waals surface area (Å²) in [4.78, 5) is 0.112. The minimum Gasteiger partial charge on any atom is -0.392 e. The van der Waals surface area contributed by atoms with Crippen LogP contribution in [-0.4, -0.2) is 24.9 Å². The third kappa shape index (κ3) is 3.85. The molecule has 1 aromatic heterocycles. The summed E-state index contributed by atoms with van der Waals surface area (Å²) in [5.74, 6) is 0. The van der Waals surface area contributed by atoms with E-state index in [0.717, 1.165) is 9.35 Å². The lowest BCUT2D eigenvalue weighted by atomic mass is 10.2. The molecule has 1 N–H and O–H groups in total. The lowest BCUT2D eigenvalue weighted by Gasteiger charge is -2.17. The third-order valence-electron chi connectivity index (χ3n) is 2.93. The maximum absolute atomic E-state index is 12.5. The van der Waals surface area contributed by atoms with Gasteiger partial charge in [-0.2, -0.15) is 4.31 Å². The van der Waals surface area contributed by atoms with Crippen LogP contribution in [0.3, 0.4) is 0 Å². The standard InChI is InChI=1S/C13H13BrClNO3S2/c1-16(6-9-4-13(14)20-8-9)21(18,19)11-3-2-10(7-17)12(15)5-11/h2-5,8,17H,6-7H2,1H3. The summed E-state index contributed by atoms with van der Waals surface area (Å²) in [5, 5.41) is 11.2. The van der Waals surface area contributed by atoms with Crippen molar-refractivity contribution in [3.63, 3.8) is 0 Å². The fourth-order valence-electron chi connectivity index (χ4n) is 1.77. The number of thiophene rings is 1. The van der Waals surface area contributed by atoms with Crippen LogP contribution in [0.2, 0.25) is 5.02 Å². The van der Waals surface area contributed by atoms with Gasteiger partial charge in [-0.1, -0.05) is 17.7 Å². The van der Waals surface area contributed by atoms with E-state index in [2.05, 4.69) is 15.9 Å². The van der Waals surface area contributed by atoms with Crippen molar-refractivity contribution in [3.8, 4) is 0 Å². The van der Waals surface area contributed by atoms with Gasteiger partial charge in [0.25, 0.3) is 0 Å². The molecule has 0 bridgehead atoms. The third-order valence-corrected chi connectivity index (χ3v) is 6.63. The molecule has 0 unspecified atom stereocenters. The highest BCUT2D eigenvalue weighted by atomic mass is 79.9. The molecule has 0 fully saturated rings. The van der Waals surface area contributed by atoms with Gasteiger partial charge in [0.15, 0.2) is 0 Å². The number of nitrogens with zero attached hydrogens (tertiary/aromatic N) is 1. The van der Waals surface area contributed by atoms with Crippen LogP contribution < -0.4 is 0 Å². The highest BCUT2D eigenvalue weighted by Gasteiger charge is 2.22. The first-order chi connectivity index (χ1) is 9.84. The van der Waals surface area contributed by atoms with Gasteiger partial charge in [0.05, 0.1) is 15.3 Å². The van der Waals surface area contributed by atoms with E-state index in [1.807, 2.05) is 11.4 Å². The molecular weight excluding hydrogens is 398 g/mol. The van der Waals surface area contributed by atoms with Gasteiger partial charge in [-0.15, -0.1) is 11.3 Å². The Bertz CT molecular complexity index is 746. The number of hydrogen-bond acceptors (Lipinski definition) is 4.